The molecule has 0 N–H and O–H groups in total. The Balaban J connectivity index is 2.18. The van der Waals surface area contributed by atoms with E-state index in [1.807, 2.05) is 0 Å². The van der Waals surface area contributed by atoms with E-state index in [-0.39, 0.29) is 0 Å². The maximum absolute atomic E-state index is 2.44. The molecule has 2 aromatic rings. The molecule has 1 aliphatic rings. The average Bonchev–Trinajstić information content (AvgIpc) is 2.93. The summed E-state index contributed by atoms with van der Waals surface area (Å²) in [6.45, 7) is 6.98. The fraction of sp³-hybridized carbons (Fsp3) is 0.273. The van der Waals surface area contributed by atoms with E-state index in [9.17, 15) is 0 Å². The Labute approximate surface area is 134 Å². The summed E-state index contributed by atoms with van der Waals surface area (Å²) in [4.78, 5) is 0. The summed E-state index contributed by atoms with van der Waals surface area (Å²) in [5, 5.41) is 0. The van der Waals surface area contributed by atoms with Crippen LogP contribution in [0.25, 0.3) is 11.1 Å². The van der Waals surface area contributed by atoms with Crippen LogP contribution in [0.4, 0.5) is 0 Å². The molecule has 0 saturated carbocycles. The Hall–Kier alpha value is -2.08. The standard InChI is InChI=1S/C22H24/c1-4-16(2)21-17(3)15-20(18-11-7-5-8-12-18)22(21)19-13-9-6-10-14-19/h5-17H,4H2,1-3H3. The molecule has 0 bridgehead atoms. The van der Waals surface area contributed by atoms with Crippen molar-refractivity contribution in [2.45, 2.75) is 27.2 Å². The quantitative estimate of drug-likeness (QED) is 0.626. The lowest BCUT2D eigenvalue weighted by atomic mass is 9.85. The topological polar surface area (TPSA) is 0 Å². The van der Waals surface area contributed by atoms with Crippen LogP contribution in [-0.2, 0) is 0 Å². The van der Waals surface area contributed by atoms with Crippen LogP contribution in [0.2, 0.25) is 0 Å². The highest BCUT2D eigenvalue weighted by molar-refractivity contribution is 6.08. The normalized spacial score (nSPS) is 19.2. The van der Waals surface area contributed by atoms with E-state index in [2.05, 4.69) is 87.5 Å². The van der Waals surface area contributed by atoms with Gasteiger partial charge in [-0.3, -0.25) is 0 Å². The van der Waals surface area contributed by atoms with Crippen molar-refractivity contribution in [2.75, 3.05) is 0 Å². The molecule has 22 heavy (non-hydrogen) atoms. The molecule has 0 nitrogen and oxygen atoms in total. The minimum absolute atomic E-state index is 0.514. The maximum atomic E-state index is 2.44. The van der Waals surface area contributed by atoms with E-state index >= 15 is 0 Å². The molecular formula is C22H24. The van der Waals surface area contributed by atoms with Crippen molar-refractivity contribution in [3.63, 3.8) is 0 Å². The number of hydrogen-bond acceptors (Lipinski definition) is 0. The highest BCUT2D eigenvalue weighted by atomic mass is 14.3. The van der Waals surface area contributed by atoms with Gasteiger partial charge in [-0.25, -0.2) is 0 Å². The lowest BCUT2D eigenvalue weighted by Gasteiger charge is -2.19. The van der Waals surface area contributed by atoms with E-state index in [1.165, 1.54) is 28.7 Å². The Morgan fingerprint density at radius 1 is 0.864 bits per heavy atom. The summed E-state index contributed by atoms with van der Waals surface area (Å²) in [5.41, 5.74) is 7.11. The predicted octanol–water partition coefficient (Wildman–Crippen LogP) is 6.22. The van der Waals surface area contributed by atoms with Crippen LogP contribution >= 0.6 is 0 Å². The first-order valence-corrected chi connectivity index (χ1v) is 8.29. The molecule has 0 heterocycles. The SMILES string of the molecule is CCC(C)C1=C(c2ccccc2)C(c2ccccc2)=CC1C. The van der Waals surface area contributed by atoms with Crippen molar-refractivity contribution in [2.24, 2.45) is 11.8 Å². The van der Waals surface area contributed by atoms with Gasteiger partial charge < -0.3 is 0 Å². The van der Waals surface area contributed by atoms with Crippen molar-refractivity contribution >= 4 is 11.1 Å². The van der Waals surface area contributed by atoms with Crippen LogP contribution in [0.15, 0.2) is 72.3 Å². The number of rotatable bonds is 4. The summed E-state index contributed by atoms with van der Waals surface area (Å²) in [7, 11) is 0. The summed E-state index contributed by atoms with van der Waals surface area (Å²) >= 11 is 0. The van der Waals surface area contributed by atoms with Gasteiger partial charge in [0.1, 0.15) is 0 Å². The lowest BCUT2D eigenvalue weighted by molar-refractivity contribution is 0.601. The van der Waals surface area contributed by atoms with Crippen molar-refractivity contribution in [3.05, 3.63) is 83.4 Å². The van der Waals surface area contributed by atoms with E-state index in [4.69, 9.17) is 0 Å². The van der Waals surface area contributed by atoms with Crippen molar-refractivity contribution in [1.29, 1.82) is 0 Å². The third-order valence-corrected chi connectivity index (χ3v) is 4.76. The Bertz CT molecular complexity index is 689. The number of benzene rings is 2. The van der Waals surface area contributed by atoms with Crippen LogP contribution in [-0.4, -0.2) is 0 Å². The average molecular weight is 288 g/mol. The van der Waals surface area contributed by atoms with Gasteiger partial charge in [0.15, 0.2) is 0 Å². The van der Waals surface area contributed by atoms with Crippen molar-refractivity contribution in [3.8, 4) is 0 Å². The van der Waals surface area contributed by atoms with Gasteiger partial charge in [0.05, 0.1) is 0 Å². The molecule has 0 aliphatic heterocycles. The van der Waals surface area contributed by atoms with Gasteiger partial charge in [0.2, 0.25) is 0 Å². The molecule has 112 valence electrons. The summed E-state index contributed by atoms with van der Waals surface area (Å²) in [6, 6.07) is 21.7. The maximum Gasteiger partial charge on any atom is -0.00301 e. The second-order valence-electron chi connectivity index (χ2n) is 6.24. The molecule has 0 aromatic heterocycles. The van der Waals surface area contributed by atoms with Crippen LogP contribution in [0, 0.1) is 11.8 Å². The first kappa shape index (κ1) is 14.8. The van der Waals surface area contributed by atoms with Gasteiger partial charge in [0.25, 0.3) is 0 Å². The third kappa shape index (κ3) is 2.66. The minimum atomic E-state index is 0.514. The van der Waals surface area contributed by atoms with Gasteiger partial charge >= 0.3 is 0 Å². The molecule has 0 radical (unpaired) electrons. The molecule has 2 aromatic carbocycles. The second kappa shape index (κ2) is 6.36. The van der Waals surface area contributed by atoms with Gasteiger partial charge in [-0.1, -0.05) is 93.1 Å². The first-order valence-electron chi connectivity index (χ1n) is 8.29. The summed E-state index contributed by atoms with van der Waals surface area (Å²) in [5.74, 6) is 1.13. The third-order valence-electron chi connectivity index (χ3n) is 4.76. The smallest absolute Gasteiger partial charge is 0.00301 e. The summed E-state index contributed by atoms with van der Waals surface area (Å²) in [6.07, 6.45) is 3.63. The van der Waals surface area contributed by atoms with Crippen molar-refractivity contribution < 1.29 is 0 Å². The Morgan fingerprint density at radius 2 is 1.41 bits per heavy atom. The van der Waals surface area contributed by atoms with Crippen LogP contribution in [0.3, 0.4) is 0 Å². The van der Waals surface area contributed by atoms with E-state index in [0.29, 0.717) is 11.8 Å². The molecule has 0 heteroatoms. The lowest BCUT2D eigenvalue weighted by Crippen LogP contribution is -2.05. The number of allylic oxidation sites excluding steroid dienone is 4. The van der Waals surface area contributed by atoms with Gasteiger partial charge in [-0.2, -0.15) is 0 Å². The largest absolute Gasteiger partial charge is 0.0691 e. The second-order valence-corrected chi connectivity index (χ2v) is 6.24. The molecule has 0 amide bonds. The minimum Gasteiger partial charge on any atom is -0.0691 e. The highest BCUT2D eigenvalue weighted by Crippen LogP contribution is 2.46. The van der Waals surface area contributed by atoms with Gasteiger partial charge in [-0.05, 0) is 40.5 Å². The molecule has 0 fully saturated rings. The fourth-order valence-electron chi connectivity index (χ4n) is 3.51. The van der Waals surface area contributed by atoms with E-state index < -0.39 is 0 Å². The molecule has 0 saturated heterocycles. The van der Waals surface area contributed by atoms with Crippen LogP contribution in [0.5, 0.6) is 0 Å². The van der Waals surface area contributed by atoms with E-state index in [1.54, 1.807) is 5.57 Å². The zero-order valence-corrected chi connectivity index (χ0v) is 13.7. The van der Waals surface area contributed by atoms with Gasteiger partial charge in [-0.15, -0.1) is 0 Å². The molecule has 0 spiro atoms. The van der Waals surface area contributed by atoms with Gasteiger partial charge in [0, 0.05) is 0 Å². The predicted molar refractivity (Wildman–Crippen MR) is 96.4 cm³/mol. The fourth-order valence-corrected chi connectivity index (χ4v) is 3.51. The number of hydrogen-bond donors (Lipinski definition) is 0. The molecule has 1 aliphatic carbocycles. The molecule has 3 rings (SSSR count). The summed E-state index contributed by atoms with van der Waals surface area (Å²) < 4.78 is 0. The zero-order chi connectivity index (χ0) is 15.5. The van der Waals surface area contributed by atoms with Crippen LogP contribution in [0.1, 0.15) is 38.3 Å². The molecule has 2 atom stereocenters. The zero-order valence-electron chi connectivity index (χ0n) is 13.7. The Morgan fingerprint density at radius 3 is 1.95 bits per heavy atom. The monoisotopic (exact) mass is 288 g/mol. The van der Waals surface area contributed by atoms with E-state index in [0.717, 1.165) is 0 Å². The first-order chi connectivity index (χ1) is 10.7. The van der Waals surface area contributed by atoms with Crippen molar-refractivity contribution in [1.82, 2.24) is 0 Å². The highest BCUT2D eigenvalue weighted by Gasteiger charge is 2.27. The Kier molecular flexibility index (Phi) is 4.29. The van der Waals surface area contributed by atoms with Crippen LogP contribution < -0.4 is 0 Å². The molecule has 2 unspecified atom stereocenters. The molecular weight excluding hydrogens is 264 g/mol.